The summed E-state index contributed by atoms with van der Waals surface area (Å²) in [7, 11) is 0. The third-order valence-electron chi connectivity index (χ3n) is 2.87. The van der Waals surface area contributed by atoms with Gasteiger partial charge < -0.3 is 10.2 Å². The molecule has 0 spiro atoms. The van der Waals surface area contributed by atoms with E-state index in [4.69, 9.17) is 0 Å². The lowest BCUT2D eigenvalue weighted by molar-refractivity contribution is -0.137. The van der Waals surface area contributed by atoms with Crippen molar-refractivity contribution in [2.45, 2.75) is 19.1 Å². The summed E-state index contributed by atoms with van der Waals surface area (Å²) in [6.45, 7) is 4.17. The summed E-state index contributed by atoms with van der Waals surface area (Å²) in [4.78, 5) is 5.92. The number of anilines is 1. The Kier molecular flexibility index (Phi) is 3.24. The predicted octanol–water partition coefficient (Wildman–Crippen LogP) is 1.90. The lowest BCUT2D eigenvalue weighted by Gasteiger charge is -2.35. The van der Waals surface area contributed by atoms with Crippen LogP contribution in [0.2, 0.25) is 0 Å². The number of alkyl halides is 3. The SMILES string of the molecule is CC1CNCCN1c1cc(C(F)(F)F)ccn1. The summed E-state index contributed by atoms with van der Waals surface area (Å²) in [5.41, 5.74) is -0.645. The number of aromatic nitrogens is 1. The van der Waals surface area contributed by atoms with E-state index in [1.54, 1.807) is 0 Å². The quantitative estimate of drug-likeness (QED) is 0.819. The van der Waals surface area contributed by atoms with Gasteiger partial charge in [0.25, 0.3) is 0 Å². The zero-order chi connectivity index (χ0) is 12.5. The number of nitrogens with one attached hydrogen (secondary N) is 1. The van der Waals surface area contributed by atoms with E-state index in [2.05, 4.69) is 10.3 Å². The second kappa shape index (κ2) is 4.52. The largest absolute Gasteiger partial charge is 0.416 e. The Morgan fingerprint density at radius 3 is 2.88 bits per heavy atom. The Balaban J connectivity index is 2.26. The van der Waals surface area contributed by atoms with Crippen LogP contribution in [0.3, 0.4) is 0 Å². The van der Waals surface area contributed by atoms with E-state index < -0.39 is 11.7 Å². The van der Waals surface area contributed by atoms with Crippen LogP contribution in [0, 0.1) is 0 Å². The molecule has 1 saturated heterocycles. The van der Waals surface area contributed by atoms with Crippen molar-refractivity contribution in [3.8, 4) is 0 Å². The number of hydrogen-bond acceptors (Lipinski definition) is 3. The maximum absolute atomic E-state index is 12.6. The topological polar surface area (TPSA) is 28.2 Å². The van der Waals surface area contributed by atoms with Gasteiger partial charge in [0.05, 0.1) is 5.56 Å². The normalized spacial score (nSPS) is 21.6. The first-order valence-corrected chi connectivity index (χ1v) is 5.49. The second-order valence-electron chi connectivity index (χ2n) is 4.15. The van der Waals surface area contributed by atoms with E-state index in [9.17, 15) is 13.2 Å². The van der Waals surface area contributed by atoms with Crippen molar-refractivity contribution in [2.24, 2.45) is 0 Å². The summed E-state index contributed by atoms with van der Waals surface area (Å²) in [6, 6.07) is 2.26. The molecular formula is C11H14F3N3. The minimum atomic E-state index is -4.31. The molecule has 17 heavy (non-hydrogen) atoms. The monoisotopic (exact) mass is 245 g/mol. The Morgan fingerprint density at radius 2 is 2.24 bits per heavy atom. The minimum Gasteiger partial charge on any atom is -0.351 e. The van der Waals surface area contributed by atoms with Crippen LogP contribution < -0.4 is 10.2 Å². The zero-order valence-electron chi connectivity index (χ0n) is 9.46. The average Bonchev–Trinajstić information content (AvgIpc) is 2.29. The third kappa shape index (κ3) is 2.69. The number of nitrogens with zero attached hydrogens (tertiary/aromatic N) is 2. The van der Waals surface area contributed by atoms with Crippen molar-refractivity contribution in [3.63, 3.8) is 0 Å². The van der Waals surface area contributed by atoms with Gasteiger partial charge in [0, 0.05) is 31.9 Å². The van der Waals surface area contributed by atoms with E-state index in [0.29, 0.717) is 12.4 Å². The fraction of sp³-hybridized carbons (Fsp3) is 0.545. The van der Waals surface area contributed by atoms with Crippen molar-refractivity contribution >= 4 is 5.82 Å². The number of hydrogen-bond donors (Lipinski definition) is 1. The van der Waals surface area contributed by atoms with E-state index in [1.807, 2.05) is 11.8 Å². The van der Waals surface area contributed by atoms with Crippen LogP contribution in [0.1, 0.15) is 12.5 Å². The van der Waals surface area contributed by atoms with E-state index in [0.717, 1.165) is 25.2 Å². The van der Waals surface area contributed by atoms with Crippen LogP contribution in [0.5, 0.6) is 0 Å². The number of piperazine rings is 1. The first kappa shape index (κ1) is 12.2. The molecule has 1 aromatic rings. The summed E-state index contributed by atoms with van der Waals surface area (Å²) in [5, 5.41) is 3.19. The van der Waals surface area contributed by atoms with Gasteiger partial charge in [0.1, 0.15) is 5.82 Å². The molecule has 1 N–H and O–H groups in total. The Morgan fingerprint density at radius 1 is 1.47 bits per heavy atom. The Hall–Kier alpha value is -1.30. The molecule has 0 radical (unpaired) electrons. The molecule has 94 valence electrons. The number of pyridine rings is 1. The molecule has 1 fully saturated rings. The lowest BCUT2D eigenvalue weighted by Crippen LogP contribution is -2.50. The molecule has 1 aromatic heterocycles. The molecule has 3 nitrogen and oxygen atoms in total. The third-order valence-corrected chi connectivity index (χ3v) is 2.87. The Bertz CT molecular complexity index is 392. The Labute approximate surface area is 97.6 Å². The van der Waals surface area contributed by atoms with Crippen LogP contribution in [0.25, 0.3) is 0 Å². The zero-order valence-corrected chi connectivity index (χ0v) is 9.46. The standard InChI is InChI=1S/C11H14F3N3/c1-8-7-15-4-5-17(8)10-6-9(2-3-16-10)11(12,13)14/h2-3,6,8,15H,4-5,7H2,1H3. The molecule has 2 heterocycles. The van der Waals surface area contributed by atoms with Gasteiger partial charge in [-0.1, -0.05) is 0 Å². The summed E-state index contributed by atoms with van der Waals surface area (Å²) in [6.07, 6.45) is -3.10. The molecule has 1 atom stereocenters. The van der Waals surface area contributed by atoms with Crippen molar-refractivity contribution < 1.29 is 13.2 Å². The van der Waals surface area contributed by atoms with Crippen molar-refractivity contribution in [1.29, 1.82) is 0 Å². The maximum atomic E-state index is 12.6. The maximum Gasteiger partial charge on any atom is 0.416 e. The molecule has 0 bridgehead atoms. The predicted molar refractivity (Wildman–Crippen MR) is 58.9 cm³/mol. The molecule has 0 amide bonds. The van der Waals surface area contributed by atoms with Gasteiger partial charge in [-0.05, 0) is 19.1 Å². The highest BCUT2D eigenvalue weighted by atomic mass is 19.4. The lowest BCUT2D eigenvalue weighted by atomic mass is 10.2. The fourth-order valence-corrected chi connectivity index (χ4v) is 1.93. The molecule has 2 rings (SSSR count). The van der Waals surface area contributed by atoms with Gasteiger partial charge in [0.15, 0.2) is 0 Å². The summed E-state index contributed by atoms with van der Waals surface area (Å²) >= 11 is 0. The molecule has 6 heteroatoms. The van der Waals surface area contributed by atoms with E-state index in [1.165, 1.54) is 6.20 Å². The highest BCUT2D eigenvalue weighted by Gasteiger charge is 2.31. The van der Waals surface area contributed by atoms with Gasteiger partial charge in [0.2, 0.25) is 0 Å². The fourth-order valence-electron chi connectivity index (χ4n) is 1.93. The van der Waals surface area contributed by atoms with Crippen LogP contribution >= 0.6 is 0 Å². The molecule has 1 aliphatic rings. The summed E-state index contributed by atoms with van der Waals surface area (Å²) in [5.74, 6) is 0.397. The average molecular weight is 245 g/mol. The molecule has 1 unspecified atom stereocenters. The first-order valence-electron chi connectivity index (χ1n) is 5.49. The van der Waals surface area contributed by atoms with Crippen LogP contribution in [0.15, 0.2) is 18.3 Å². The smallest absolute Gasteiger partial charge is 0.351 e. The first-order chi connectivity index (χ1) is 7.98. The van der Waals surface area contributed by atoms with Crippen molar-refractivity contribution in [1.82, 2.24) is 10.3 Å². The second-order valence-corrected chi connectivity index (χ2v) is 4.15. The molecule has 0 aromatic carbocycles. The van der Waals surface area contributed by atoms with Gasteiger partial charge in [-0.15, -0.1) is 0 Å². The summed E-state index contributed by atoms with van der Waals surface area (Å²) < 4.78 is 37.7. The van der Waals surface area contributed by atoms with Crippen molar-refractivity contribution in [3.05, 3.63) is 23.9 Å². The minimum absolute atomic E-state index is 0.153. The van der Waals surface area contributed by atoms with Crippen LogP contribution in [0.4, 0.5) is 19.0 Å². The van der Waals surface area contributed by atoms with Crippen LogP contribution in [-0.2, 0) is 6.18 Å². The molecule has 1 aliphatic heterocycles. The van der Waals surface area contributed by atoms with Crippen molar-refractivity contribution in [2.75, 3.05) is 24.5 Å². The number of rotatable bonds is 1. The van der Waals surface area contributed by atoms with E-state index in [-0.39, 0.29) is 6.04 Å². The highest BCUT2D eigenvalue weighted by molar-refractivity contribution is 5.43. The van der Waals surface area contributed by atoms with E-state index >= 15 is 0 Å². The molecule has 0 saturated carbocycles. The highest BCUT2D eigenvalue weighted by Crippen LogP contribution is 2.31. The molecule has 0 aliphatic carbocycles. The van der Waals surface area contributed by atoms with Gasteiger partial charge in [-0.2, -0.15) is 13.2 Å². The van der Waals surface area contributed by atoms with Gasteiger partial charge in [-0.25, -0.2) is 4.98 Å². The van der Waals surface area contributed by atoms with Gasteiger partial charge in [-0.3, -0.25) is 0 Å². The number of halogens is 3. The molecular weight excluding hydrogens is 231 g/mol. The van der Waals surface area contributed by atoms with Gasteiger partial charge >= 0.3 is 6.18 Å². The van der Waals surface area contributed by atoms with Crippen LogP contribution in [-0.4, -0.2) is 30.7 Å².